The summed E-state index contributed by atoms with van der Waals surface area (Å²) in [5, 5.41) is 11.2. The molecule has 2 heterocycles. The van der Waals surface area contributed by atoms with E-state index in [0.29, 0.717) is 33.6 Å². The summed E-state index contributed by atoms with van der Waals surface area (Å²) in [5.41, 5.74) is 2.05. The lowest BCUT2D eigenvalue weighted by atomic mass is 9.97. The Kier molecular flexibility index (Phi) is 4.62. The van der Waals surface area contributed by atoms with Gasteiger partial charge in [-0.15, -0.1) is 5.10 Å². The summed E-state index contributed by atoms with van der Waals surface area (Å²) in [5.74, 6) is 0.413. The van der Waals surface area contributed by atoms with E-state index >= 15 is 0 Å². The van der Waals surface area contributed by atoms with Crippen LogP contribution in [0.3, 0.4) is 0 Å². The number of amides is 1. The number of carbonyl (C=O) groups excluding carboxylic acids is 1. The molecule has 8 nitrogen and oxygen atoms in total. The van der Waals surface area contributed by atoms with Gasteiger partial charge in [0.2, 0.25) is 11.8 Å². The molecule has 1 N–H and O–H groups in total. The average Bonchev–Trinajstić information content (AvgIpc) is 3.12. The van der Waals surface area contributed by atoms with Gasteiger partial charge in [0.15, 0.2) is 5.58 Å². The van der Waals surface area contributed by atoms with Gasteiger partial charge in [-0.1, -0.05) is 38.1 Å². The van der Waals surface area contributed by atoms with E-state index in [1.165, 1.54) is 4.68 Å². The summed E-state index contributed by atoms with van der Waals surface area (Å²) in [4.78, 5) is 29.3. The van der Waals surface area contributed by atoms with E-state index in [9.17, 15) is 9.59 Å². The third-order valence-electron chi connectivity index (χ3n) is 4.49. The molecule has 0 aliphatic carbocycles. The summed E-state index contributed by atoms with van der Waals surface area (Å²) >= 11 is 0. The molecular weight excluding hydrogens is 370 g/mol. The molecule has 148 valence electrons. The number of benzene rings is 2. The van der Waals surface area contributed by atoms with Gasteiger partial charge in [-0.05, 0) is 30.3 Å². The number of rotatable bonds is 4. The van der Waals surface area contributed by atoms with E-state index in [1.807, 2.05) is 20.8 Å². The molecule has 29 heavy (non-hydrogen) atoms. The molecule has 0 radical (unpaired) electrons. The van der Waals surface area contributed by atoms with Crippen molar-refractivity contribution in [1.82, 2.24) is 20.0 Å². The minimum absolute atomic E-state index is 0.0943. The molecule has 0 aliphatic rings. The number of nitrogens with zero attached hydrogens (tertiary/aromatic N) is 4. The Morgan fingerprint density at radius 2 is 1.93 bits per heavy atom. The number of fused-ring (bicyclic) bond motifs is 2. The Hall–Kier alpha value is -3.55. The lowest BCUT2D eigenvalue weighted by molar-refractivity contribution is -0.116. The van der Waals surface area contributed by atoms with E-state index < -0.39 is 0 Å². The number of anilines is 1. The molecule has 0 atom stereocenters. The second kappa shape index (κ2) is 7.12. The molecule has 4 aromatic rings. The SMILES string of the molecule is CC(C)(C)c1nc2cc(NC(=O)CCn3nnc4ccccc4c3=O)ccc2o1. The Morgan fingerprint density at radius 3 is 2.72 bits per heavy atom. The lowest BCUT2D eigenvalue weighted by Gasteiger charge is -2.11. The monoisotopic (exact) mass is 391 g/mol. The quantitative estimate of drug-likeness (QED) is 0.573. The van der Waals surface area contributed by atoms with Gasteiger partial charge in [-0.2, -0.15) is 0 Å². The number of hydrogen-bond acceptors (Lipinski definition) is 6. The van der Waals surface area contributed by atoms with Gasteiger partial charge in [0, 0.05) is 17.5 Å². The van der Waals surface area contributed by atoms with Crippen LogP contribution in [-0.4, -0.2) is 25.9 Å². The molecule has 4 rings (SSSR count). The van der Waals surface area contributed by atoms with Gasteiger partial charge in [0.05, 0.1) is 11.9 Å². The predicted molar refractivity (Wildman–Crippen MR) is 110 cm³/mol. The van der Waals surface area contributed by atoms with Crippen LogP contribution in [0.2, 0.25) is 0 Å². The molecule has 1 amide bonds. The Bertz CT molecular complexity index is 1270. The Morgan fingerprint density at radius 1 is 1.14 bits per heavy atom. The normalized spacial score (nSPS) is 11.8. The van der Waals surface area contributed by atoms with Crippen molar-refractivity contribution in [3.8, 4) is 0 Å². The van der Waals surface area contributed by atoms with E-state index in [2.05, 4.69) is 20.6 Å². The van der Waals surface area contributed by atoms with Gasteiger partial charge in [0.25, 0.3) is 5.56 Å². The molecule has 0 saturated heterocycles. The molecule has 2 aromatic heterocycles. The minimum atomic E-state index is -0.262. The zero-order chi connectivity index (χ0) is 20.6. The molecule has 0 fully saturated rings. The predicted octanol–water partition coefficient (Wildman–Crippen LogP) is 3.26. The first-order chi connectivity index (χ1) is 13.8. The van der Waals surface area contributed by atoms with Crippen LogP contribution in [0.25, 0.3) is 22.0 Å². The van der Waals surface area contributed by atoms with Crippen molar-refractivity contribution in [1.29, 1.82) is 0 Å². The number of nitrogens with one attached hydrogen (secondary N) is 1. The van der Waals surface area contributed by atoms with Gasteiger partial charge in [0.1, 0.15) is 11.0 Å². The summed E-state index contributed by atoms with van der Waals surface area (Å²) in [6, 6.07) is 12.3. The van der Waals surface area contributed by atoms with Crippen molar-refractivity contribution in [2.24, 2.45) is 0 Å². The smallest absolute Gasteiger partial charge is 0.277 e. The molecule has 0 bridgehead atoms. The van der Waals surface area contributed by atoms with Crippen LogP contribution in [0.4, 0.5) is 5.69 Å². The van der Waals surface area contributed by atoms with Crippen molar-refractivity contribution in [3.05, 3.63) is 58.7 Å². The van der Waals surface area contributed by atoms with Gasteiger partial charge in [-0.3, -0.25) is 9.59 Å². The van der Waals surface area contributed by atoms with Crippen LogP contribution in [0, 0.1) is 0 Å². The molecule has 8 heteroatoms. The van der Waals surface area contributed by atoms with E-state index in [1.54, 1.807) is 42.5 Å². The third-order valence-corrected chi connectivity index (χ3v) is 4.49. The van der Waals surface area contributed by atoms with Crippen LogP contribution in [0.1, 0.15) is 33.1 Å². The first-order valence-corrected chi connectivity index (χ1v) is 9.35. The molecule has 0 spiro atoms. The fourth-order valence-corrected chi connectivity index (χ4v) is 2.93. The summed E-state index contributed by atoms with van der Waals surface area (Å²) in [6.45, 7) is 6.22. The van der Waals surface area contributed by atoms with Crippen LogP contribution in [0.5, 0.6) is 0 Å². The summed E-state index contributed by atoms with van der Waals surface area (Å²) in [7, 11) is 0. The number of aromatic nitrogens is 4. The minimum Gasteiger partial charge on any atom is -0.440 e. The summed E-state index contributed by atoms with van der Waals surface area (Å²) in [6.07, 6.45) is 0.0943. The maximum atomic E-state index is 12.4. The first kappa shape index (κ1) is 18.8. The molecule has 0 aliphatic heterocycles. The van der Waals surface area contributed by atoms with Gasteiger partial charge < -0.3 is 9.73 Å². The fourth-order valence-electron chi connectivity index (χ4n) is 2.93. The lowest BCUT2D eigenvalue weighted by Crippen LogP contribution is -2.26. The molecule has 0 unspecified atom stereocenters. The number of hydrogen-bond donors (Lipinski definition) is 1. The first-order valence-electron chi connectivity index (χ1n) is 9.35. The second-order valence-corrected chi connectivity index (χ2v) is 7.88. The van der Waals surface area contributed by atoms with Crippen LogP contribution >= 0.6 is 0 Å². The third kappa shape index (κ3) is 3.87. The maximum absolute atomic E-state index is 12.4. The van der Waals surface area contributed by atoms with Crippen molar-refractivity contribution in [2.45, 2.75) is 39.2 Å². The maximum Gasteiger partial charge on any atom is 0.277 e. The van der Waals surface area contributed by atoms with Crippen molar-refractivity contribution in [3.63, 3.8) is 0 Å². The van der Waals surface area contributed by atoms with Crippen molar-refractivity contribution in [2.75, 3.05) is 5.32 Å². The highest BCUT2D eigenvalue weighted by atomic mass is 16.3. The van der Waals surface area contributed by atoms with Crippen molar-refractivity contribution >= 4 is 33.6 Å². The second-order valence-electron chi connectivity index (χ2n) is 7.88. The topological polar surface area (TPSA) is 103 Å². The summed E-state index contributed by atoms with van der Waals surface area (Å²) < 4.78 is 6.98. The average molecular weight is 391 g/mol. The molecular formula is C21H21N5O3. The Labute approximate surface area is 166 Å². The zero-order valence-corrected chi connectivity index (χ0v) is 16.5. The highest BCUT2D eigenvalue weighted by Crippen LogP contribution is 2.27. The van der Waals surface area contributed by atoms with Crippen LogP contribution in [0.15, 0.2) is 51.7 Å². The van der Waals surface area contributed by atoms with Crippen LogP contribution < -0.4 is 10.9 Å². The number of aryl methyl sites for hydroxylation is 1. The highest BCUT2D eigenvalue weighted by Gasteiger charge is 2.21. The largest absolute Gasteiger partial charge is 0.440 e. The Balaban J connectivity index is 1.46. The number of carbonyl (C=O) groups is 1. The molecule has 0 saturated carbocycles. The van der Waals surface area contributed by atoms with E-state index in [0.717, 1.165) is 0 Å². The van der Waals surface area contributed by atoms with Gasteiger partial charge >= 0.3 is 0 Å². The van der Waals surface area contributed by atoms with E-state index in [-0.39, 0.29) is 29.8 Å². The van der Waals surface area contributed by atoms with Gasteiger partial charge in [-0.25, -0.2) is 9.67 Å². The standard InChI is InChI=1S/C21H21N5O3/c1-21(2,3)20-23-16-12-13(8-9-17(16)29-20)22-18(27)10-11-26-19(28)14-6-4-5-7-15(14)24-25-26/h4-9,12H,10-11H2,1-3H3,(H,22,27). The van der Waals surface area contributed by atoms with Crippen LogP contribution in [-0.2, 0) is 16.8 Å². The van der Waals surface area contributed by atoms with Crippen molar-refractivity contribution < 1.29 is 9.21 Å². The highest BCUT2D eigenvalue weighted by molar-refractivity contribution is 5.92. The van der Waals surface area contributed by atoms with E-state index in [4.69, 9.17) is 4.42 Å². The fraction of sp³-hybridized carbons (Fsp3) is 0.286. The molecule has 2 aromatic carbocycles. The zero-order valence-electron chi connectivity index (χ0n) is 16.5. The number of oxazole rings is 1.